The molecule has 2 aromatic carbocycles. The summed E-state index contributed by atoms with van der Waals surface area (Å²) in [6.45, 7) is 0.426. The molecule has 0 saturated heterocycles. The molecule has 0 aliphatic carbocycles. The van der Waals surface area contributed by atoms with Gasteiger partial charge in [-0.2, -0.15) is 0 Å². The van der Waals surface area contributed by atoms with Crippen LogP contribution >= 0.6 is 11.5 Å². The van der Waals surface area contributed by atoms with Gasteiger partial charge >= 0.3 is 0 Å². The number of hydrogen-bond donors (Lipinski definition) is 0. The van der Waals surface area contributed by atoms with Crippen molar-refractivity contribution >= 4 is 11.5 Å². The van der Waals surface area contributed by atoms with E-state index < -0.39 is 0 Å². The molecule has 0 bridgehead atoms. The molecule has 0 amide bonds. The smallest absolute Gasteiger partial charge is 0.133 e. The topological polar surface area (TPSA) is 44.2 Å². The molecule has 0 aliphatic rings. The minimum atomic E-state index is 0.426. The van der Waals surface area contributed by atoms with E-state index >= 15 is 0 Å². The molecule has 20 heavy (non-hydrogen) atoms. The van der Waals surface area contributed by atoms with Gasteiger partial charge in [0, 0.05) is 5.38 Å². The quantitative estimate of drug-likeness (QED) is 0.712. The third kappa shape index (κ3) is 3.33. The standard InChI is InChI=1S/C15H12N2O2S/c1-2-4-14(5-3-1)19-15-8-6-13(7-9-15)18-10-12-11-20-17-16-12/h1-9,11H,10H2. The van der Waals surface area contributed by atoms with Crippen molar-refractivity contribution in [2.45, 2.75) is 6.61 Å². The molecule has 4 nitrogen and oxygen atoms in total. The highest BCUT2D eigenvalue weighted by Crippen LogP contribution is 2.23. The maximum absolute atomic E-state index is 5.71. The third-order valence-corrected chi connectivity index (χ3v) is 3.15. The Bertz CT molecular complexity index is 639. The van der Waals surface area contributed by atoms with E-state index in [4.69, 9.17) is 9.47 Å². The first-order chi connectivity index (χ1) is 9.90. The highest BCUT2D eigenvalue weighted by atomic mass is 32.1. The van der Waals surface area contributed by atoms with Gasteiger partial charge in [-0.25, -0.2) is 0 Å². The Morgan fingerprint density at radius 3 is 2.25 bits per heavy atom. The second-order valence-corrected chi connectivity index (χ2v) is 4.68. The lowest BCUT2D eigenvalue weighted by atomic mass is 10.3. The molecule has 5 heteroatoms. The van der Waals surface area contributed by atoms with Crippen molar-refractivity contribution in [1.29, 1.82) is 0 Å². The van der Waals surface area contributed by atoms with Crippen molar-refractivity contribution in [3.63, 3.8) is 0 Å². The van der Waals surface area contributed by atoms with Gasteiger partial charge in [0.15, 0.2) is 0 Å². The number of rotatable bonds is 5. The molecule has 1 aromatic heterocycles. The fourth-order valence-electron chi connectivity index (χ4n) is 1.63. The number of ether oxygens (including phenoxy) is 2. The Labute approximate surface area is 120 Å². The van der Waals surface area contributed by atoms with E-state index in [1.165, 1.54) is 11.5 Å². The molecule has 0 N–H and O–H groups in total. The summed E-state index contributed by atoms with van der Waals surface area (Å²) in [7, 11) is 0. The van der Waals surface area contributed by atoms with Crippen LogP contribution in [0.15, 0.2) is 60.0 Å². The predicted octanol–water partition coefficient (Wildman–Crippen LogP) is 3.91. The first kappa shape index (κ1) is 12.6. The minimum absolute atomic E-state index is 0.426. The van der Waals surface area contributed by atoms with Crippen LogP contribution in [0.4, 0.5) is 0 Å². The molecule has 1 heterocycles. The summed E-state index contributed by atoms with van der Waals surface area (Å²) in [5.41, 5.74) is 0.833. The highest BCUT2D eigenvalue weighted by Gasteiger charge is 2.00. The average molecular weight is 284 g/mol. The van der Waals surface area contributed by atoms with Gasteiger partial charge < -0.3 is 9.47 Å². The molecule has 100 valence electrons. The maximum Gasteiger partial charge on any atom is 0.133 e. The number of hydrogen-bond acceptors (Lipinski definition) is 5. The van der Waals surface area contributed by atoms with E-state index in [1.807, 2.05) is 60.0 Å². The van der Waals surface area contributed by atoms with Crippen LogP contribution in [0.25, 0.3) is 0 Å². The Morgan fingerprint density at radius 2 is 1.55 bits per heavy atom. The van der Waals surface area contributed by atoms with Crippen LogP contribution in [0.3, 0.4) is 0 Å². The molecule has 0 saturated carbocycles. The zero-order valence-corrected chi connectivity index (χ0v) is 11.4. The van der Waals surface area contributed by atoms with Gasteiger partial charge in [0.1, 0.15) is 29.5 Å². The fraction of sp³-hybridized carbons (Fsp3) is 0.0667. The Kier molecular flexibility index (Phi) is 3.89. The molecule has 0 radical (unpaired) electrons. The number of aromatic nitrogens is 2. The van der Waals surface area contributed by atoms with Crippen LogP contribution in [-0.2, 0) is 6.61 Å². The summed E-state index contributed by atoms with van der Waals surface area (Å²) in [5, 5.41) is 5.79. The van der Waals surface area contributed by atoms with Crippen LogP contribution in [-0.4, -0.2) is 9.59 Å². The number of para-hydroxylation sites is 1. The Balaban J connectivity index is 1.60. The van der Waals surface area contributed by atoms with Gasteiger partial charge in [0.2, 0.25) is 0 Å². The average Bonchev–Trinajstić information content (AvgIpc) is 3.01. The van der Waals surface area contributed by atoms with Gasteiger partial charge in [0.05, 0.1) is 0 Å². The predicted molar refractivity (Wildman–Crippen MR) is 77.2 cm³/mol. The minimum Gasteiger partial charge on any atom is -0.487 e. The summed E-state index contributed by atoms with van der Waals surface area (Å²) in [6.07, 6.45) is 0. The van der Waals surface area contributed by atoms with Gasteiger partial charge in [0.25, 0.3) is 0 Å². The van der Waals surface area contributed by atoms with Crippen LogP contribution in [0.1, 0.15) is 5.69 Å². The van der Waals surface area contributed by atoms with E-state index in [1.54, 1.807) is 0 Å². The van der Waals surface area contributed by atoms with Crippen molar-refractivity contribution in [1.82, 2.24) is 9.59 Å². The van der Waals surface area contributed by atoms with E-state index in [2.05, 4.69) is 9.59 Å². The van der Waals surface area contributed by atoms with Crippen molar-refractivity contribution in [2.24, 2.45) is 0 Å². The summed E-state index contributed by atoms with van der Waals surface area (Å²) in [5.74, 6) is 2.37. The van der Waals surface area contributed by atoms with E-state index in [0.717, 1.165) is 22.9 Å². The number of benzene rings is 2. The molecular formula is C15H12N2O2S. The fourth-order valence-corrected chi connectivity index (χ4v) is 2.07. The monoisotopic (exact) mass is 284 g/mol. The highest BCUT2D eigenvalue weighted by molar-refractivity contribution is 7.03. The maximum atomic E-state index is 5.71. The van der Waals surface area contributed by atoms with Crippen LogP contribution in [0.5, 0.6) is 17.2 Å². The summed E-state index contributed by atoms with van der Waals surface area (Å²) in [6, 6.07) is 17.2. The summed E-state index contributed by atoms with van der Waals surface area (Å²) < 4.78 is 15.1. The molecule has 0 fully saturated rings. The zero-order valence-electron chi connectivity index (χ0n) is 10.6. The second kappa shape index (κ2) is 6.16. The van der Waals surface area contributed by atoms with Crippen LogP contribution in [0.2, 0.25) is 0 Å². The Morgan fingerprint density at radius 1 is 0.850 bits per heavy atom. The number of nitrogens with zero attached hydrogens (tertiary/aromatic N) is 2. The van der Waals surface area contributed by atoms with Gasteiger partial charge in [-0.3, -0.25) is 0 Å². The normalized spacial score (nSPS) is 10.2. The summed E-state index contributed by atoms with van der Waals surface area (Å²) >= 11 is 1.32. The second-order valence-electron chi connectivity index (χ2n) is 4.07. The molecule has 0 atom stereocenters. The summed E-state index contributed by atoms with van der Waals surface area (Å²) in [4.78, 5) is 0. The molecule has 0 aliphatic heterocycles. The van der Waals surface area contributed by atoms with E-state index in [9.17, 15) is 0 Å². The van der Waals surface area contributed by atoms with Crippen LogP contribution in [0, 0.1) is 0 Å². The van der Waals surface area contributed by atoms with Gasteiger partial charge in [-0.1, -0.05) is 22.7 Å². The van der Waals surface area contributed by atoms with Crippen molar-refractivity contribution in [3.8, 4) is 17.2 Å². The van der Waals surface area contributed by atoms with Gasteiger partial charge in [-0.05, 0) is 47.9 Å². The van der Waals surface area contributed by atoms with Crippen molar-refractivity contribution in [2.75, 3.05) is 0 Å². The van der Waals surface area contributed by atoms with Crippen molar-refractivity contribution < 1.29 is 9.47 Å². The van der Waals surface area contributed by atoms with E-state index in [0.29, 0.717) is 6.61 Å². The lowest BCUT2D eigenvalue weighted by molar-refractivity contribution is 0.300. The largest absolute Gasteiger partial charge is 0.487 e. The molecule has 0 spiro atoms. The molecule has 3 rings (SSSR count). The van der Waals surface area contributed by atoms with E-state index in [-0.39, 0.29) is 0 Å². The lowest BCUT2D eigenvalue weighted by Crippen LogP contribution is -1.95. The van der Waals surface area contributed by atoms with Crippen LogP contribution < -0.4 is 9.47 Å². The Hall–Kier alpha value is -2.40. The van der Waals surface area contributed by atoms with Gasteiger partial charge in [-0.15, -0.1) is 5.10 Å². The third-order valence-electron chi connectivity index (χ3n) is 2.59. The van der Waals surface area contributed by atoms with Crippen molar-refractivity contribution in [3.05, 3.63) is 65.7 Å². The molecular weight excluding hydrogens is 272 g/mol. The molecule has 3 aromatic rings. The lowest BCUT2D eigenvalue weighted by Gasteiger charge is -2.07. The SMILES string of the molecule is c1ccc(Oc2ccc(OCc3csnn3)cc2)cc1. The first-order valence-corrected chi connectivity index (χ1v) is 6.95. The first-order valence-electron chi connectivity index (χ1n) is 6.12. The molecule has 0 unspecified atom stereocenters. The zero-order chi connectivity index (χ0) is 13.6.